The molecule has 0 radical (unpaired) electrons. The van der Waals surface area contributed by atoms with E-state index in [9.17, 15) is 26.0 Å². The molecule has 0 aliphatic carbocycles. The molecule has 1 atom stereocenters. The van der Waals surface area contributed by atoms with Crippen LogP contribution < -0.4 is 9.46 Å². The second-order valence-electron chi connectivity index (χ2n) is 7.86. The van der Waals surface area contributed by atoms with Gasteiger partial charge in [0, 0.05) is 24.1 Å². The molecule has 13 heteroatoms. The number of likely N-dealkylation sites (tertiary alicyclic amines) is 1. The van der Waals surface area contributed by atoms with Gasteiger partial charge in [-0.3, -0.25) is 4.72 Å². The SMILES string of the molecule is CN1CCC(Oc2cc(NS(=O)(=O)c3ccc(Sc4ccc(F)c(Cl)c4)s3)ccc2C(F)(F)F)C1. The van der Waals surface area contributed by atoms with Crippen LogP contribution in [0.25, 0.3) is 0 Å². The summed E-state index contributed by atoms with van der Waals surface area (Å²) in [7, 11) is -2.23. The van der Waals surface area contributed by atoms with Crippen LogP contribution >= 0.6 is 34.7 Å². The maximum Gasteiger partial charge on any atom is 0.419 e. The molecule has 0 spiro atoms. The normalized spacial score (nSPS) is 17.0. The van der Waals surface area contributed by atoms with Crippen molar-refractivity contribution in [3.8, 4) is 5.75 Å². The van der Waals surface area contributed by atoms with Gasteiger partial charge >= 0.3 is 6.18 Å². The number of sulfonamides is 1. The van der Waals surface area contributed by atoms with Crippen LogP contribution in [-0.4, -0.2) is 39.6 Å². The Hall–Kier alpha value is -1.99. The number of benzene rings is 2. The zero-order valence-corrected chi connectivity index (χ0v) is 21.3. The summed E-state index contributed by atoms with van der Waals surface area (Å²) < 4.78 is 88.2. The Kier molecular flexibility index (Phi) is 7.58. The van der Waals surface area contributed by atoms with Crippen molar-refractivity contribution in [2.75, 3.05) is 24.9 Å². The van der Waals surface area contributed by atoms with Crippen molar-refractivity contribution < 1.29 is 30.7 Å². The molecule has 0 bridgehead atoms. The summed E-state index contributed by atoms with van der Waals surface area (Å²) in [4.78, 5) is 2.56. The van der Waals surface area contributed by atoms with Crippen LogP contribution in [0.5, 0.6) is 5.75 Å². The zero-order valence-electron chi connectivity index (χ0n) is 18.1. The second kappa shape index (κ2) is 10.2. The number of likely N-dealkylation sites (N-methyl/N-ethyl adjacent to an activating group) is 1. The number of hydrogen-bond acceptors (Lipinski definition) is 6. The highest BCUT2D eigenvalue weighted by molar-refractivity contribution is 8.02. The average Bonchev–Trinajstić information content (AvgIpc) is 3.39. The van der Waals surface area contributed by atoms with E-state index in [1.165, 1.54) is 36.0 Å². The van der Waals surface area contributed by atoms with Crippen LogP contribution in [-0.2, 0) is 16.2 Å². The number of rotatable bonds is 7. The number of ether oxygens (including phenoxy) is 1. The van der Waals surface area contributed by atoms with E-state index in [1.807, 2.05) is 11.9 Å². The van der Waals surface area contributed by atoms with Gasteiger partial charge < -0.3 is 9.64 Å². The van der Waals surface area contributed by atoms with E-state index in [0.29, 0.717) is 28.6 Å². The Labute approximate surface area is 213 Å². The monoisotopic (exact) mass is 566 g/mol. The van der Waals surface area contributed by atoms with Gasteiger partial charge in [0.15, 0.2) is 0 Å². The summed E-state index contributed by atoms with van der Waals surface area (Å²) in [6.45, 7) is 1.17. The van der Waals surface area contributed by atoms with E-state index in [1.54, 1.807) is 6.07 Å². The topological polar surface area (TPSA) is 58.6 Å². The minimum atomic E-state index is -4.65. The largest absolute Gasteiger partial charge is 0.488 e. The number of alkyl halides is 3. The molecule has 1 fully saturated rings. The van der Waals surface area contributed by atoms with E-state index in [4.69, 9.17) is 16.3 Å². The van der Waals surface area contributed by atoms with Crippen molar-refractivity contribution in [2.24, 2.45) is 0 Å². The van der Waals surface area contributed by atoms with Gasteiger partial charge in [-0.25, -0.2) is 12.8 Å². The summed E-state index contributed by atoms with van der Waals surface area (Å²) in [6.07, 6.45) is -4.51. The molecule has 1 N–H and O–H groups in total. The van der Waals surface area contributed by atoms with Crippen molar-refractivity contribution in [1.82, 2.24) is 4.90 Å². The van der Waals surface area contributed by atoms with Crippen LogP contribution in [0, 0.1) is 5.82 Å². The third-order valence-electron chi connectivity index (χ3n) is 5.11. The molecule has 1 aliphatic rings. The molecule has 3 aromatic rings. The third kappa shape index (κ3) is 6.42. The quantitative estimate of drug-likeness (QED) is 0.327. The highest BCUT2D eigenvalue weighted by atomic mass is 35.5. The first-order valence-electron chi connectivity index (χ1n) is 10.2. The van der Waals surface area contributed by atoms with Crippen molar-refractivity contribution in [1.29, 1.82) is 0 Å². The highest BCUT2D eigenvalue weighted by Crippen LogP contribution is 2.40. The number of thiophene rings is 1. The maximum absolute atomic E-state index is 13.5. The Bertz CT molecular complexity index is 1330. The zero-order chi connectivity index (χ0) is 25.4. The van der Waals surface area contributed by atoms with Crippen molar-refractivity contribution in [2.45, 2.75) is 32.0 Å². The number of hydrogen-bond donors (Lipinski definition) is 1. The number of anilines is 1. The molecule has 0 saturated carbocycles. The lowest BCUT2D eigenvalue weighted by molar-refractivity contribution is -0.139. The fourth-order valence-electron chi connectivity index (χ4n) is 3.45. The molecule has 1 aromatic heterocycles. The predicted molar refractivity (Wildman–Crippen MR) is 129 cm³/mol. The van der Waals surface area contributed by atoms with Crippen molar-refractivity contribution >= 4 is 50.4 Å². The summed E-state index contributed by atoms with van der Waals surface area (Å²) in [5.74, 6) is -0.983. The highest BCUT2D eigenvalue weighted by Gasteiger charge is 2.36. The van der Waals surface area contributed by atoms with Crippen molar-refractivity contribution in [3.05, 3.63) is 64.9 Å². The van der Waals surface area contributed by atoms with E-state index in [-0.39, 0.29) is 14.9 Å². The minimum Gasteiger partial charge on any atom is -0.488 e. The molecule has 1 saturated heterocycles. The van der Waals surface area contributed by atoms with Gasteiger partial charge in [-0.2, -0.15) is 13.2 Å². The lowest BCUT2D eigenvalue weighted by Crippen LogP contribution is -2.23. The summed E-state index contributed by atoms with van der Waals surface area (Å²) in [6, 6.07) is 10.0. The van der Waals surface area contributed by atoms with Crippen LogP contribution in [0.2, 0.25) is 5.02 Å². The van der Waals surface area contributed by atoms with Gasteiger partial charge in [0.1, 0.15) is 21.9 Å². The van der Waals surface area contributed by atoms with Crippen LogP contribution in [0.1, 0.15) is 12.0 Å². The maximum atomic E-state index is 13.5. The molecule has 0 amide bonds. The minimum absolute atomic E-state index is 0.0343. The Balaban J connectivity index is 1.53. The molecular formula is C22H19ClF4N2O3S3. The molecule has 2 aromatic carbocycles. The Morgan fingerprint density at radius 1 is 1.17 bits per heavy atom. The second-order valence-corrected chi connectivity index (χ2v) is 12.6. The van der Waals surface area contributed by atoms with Gasteiger partial charge in [-0.15, -0.1) is 11.3 Å². The van der Waals surface area contributed by atoms with E-state index < -0.39 is 39.4 Å². The lowest BCUT2D eigenvalue weighted by atomic mass is 10.1. The first-order chi connectivity index (χ1) is 16.4. The van der Waals surface area contributed by atoms with E-state index in [2.05, 4.69) is 4.72 Å². The Morgan fingerprint density at radius 2 is 1.94 bits per heavy atom. The summed E-state index contributed by atoms with van der Waals surface area (Å²) in [5.41, 5.74) is -1.02. The summed E-state index contributed by atoms with van der Waals surface area (Å²) >= 11 is 7.95. The standard InChI is InChI=1S/C22H19ClF4N2O3S3/c1-29-9-8-14(12-29)32-19-10-13(2-4-16(19)22(25,26)27)28-35(30,31)21-7-6-20(34-21)33-15-3-5-18(24)17(23)11-15/h2-7,10-11,14,28H,8-9,12H2,1H3. The fourth-order valence-corrected chi connectivity index (χ4v) is 7.35. The average molecular weight is 567 g/mol. The molecule has 5 nitrogen and oxygen atoms in total. The van der Waals surface area contributed by atoms with Crippen molar-refractivity contribution in [3.63, 3.8) is 0 Å². The number of nitrogens with one attached hydrogen (secondary N) is 1. The molecule has 35 heavy (non-hydrogen) atoms. The molecule has 4 rings (SSSR count). The smallest absolute Gasteiger partial charge is 0.419 e. The molecule has 188 valence electrons. The lowest BCUT2D eigenvalue weighted by Gasteiger charge is -2.19. The van der Waals surface area contributed by atoms with Gasteiger partial charge in [0.05, 0.1) is 20.5 Å². The molecular weight excluding hydrogens is 548 g/mol. The van der Waals surface area contributed by atoms with Gasteiger partial charge in [0.2, 0.25) is 0 Å². The predicted octanol–water partition coefficient (Wildman–Crippen LogP) is 6.59. The van der Waals surface area contributed by atoms with Gasteiger partial charge in [-0.1, -0.05) is 23.4 Å². The fraction of sp³-hybridized carbons (Fsp3) is 0.273. The number of halogens is 5. The molecule has 2 heterocycles. The first kappa shape index (κ1) is 26.1. The number of nitrogens with zero attached hydrogens (tertiary/aromatic N) is 1. The Morgan fingerprint density at radius 3 is 2.60 bits per heavy atom. The molecule has 1 unspecified atom stereocenters. The van der Waals surface area contributed by atoms with Crippen LogP contribution in [0.4, 0.5) is 23.2 Å². The first-order valence-corrected chi connectivity index (χ1v) is 13.7. The van der Waals surface area contributed by atoms with Crippen LogP contribution in [0.3, 0.4) is 0 Å². The van der Waals surface area contributed by atoms with E-state index in [0.717, 1.165) is 29.5 Å². The van der Waals surface area contributed by atoms with Gasteiger partial charge in [-0.05, 0) is 55.9 Å². The molecule has 1 aliphatic heterocycles. The van der Waals surface area contributed by atoms with E-state index >= 15 is 0 Å². The third-order valence-corrected chi connectivity index (χ3v) is 9.48. The van der Waals surface area contributed by atoms with Crippen LogP contribution in [0.15, 0.2) is 61.8 Å². The summed E-state index contributed by atoms with van der Waals surface area (Å²) in [5, 5.41) is -0.0503. The van der Waals surface area contributed by atoms with Gasteiger partial charge in [0.25, 0.3) is 10.0 Å².